The van der Waals surface area contributed by atoms with Crippen LogP contribution >= 0.6 is 0 Å². The molecule has 5 aromatic rings. The molecule has 4 amide bonds. The van der Waals surface area contributed by atoms with E-state index in [1.165, 1.54) is 0 Å². The summed E-state index contributed by atoms with van der Waals surface area (Å²) in [7, 11) is 0. The van der Waals surface area contributed by atoms with Crippen LogP contribution in [0.2, 0.25) is 0 Å². The number of likely N-dealkylation sites (tertiary alicyclic amines) is 2. The minimum atomic E-state index is -1.22. The monoisotopic (exact) mass is 1260 g/mol. The molecular formula is C68H78F9N7O6. The van der Waals surface area contributed by atoms with Gasteiger partial charge in [0.1, 0.15) is 23.2 Å². The summed E-state index contributed by atoms with van der Waals surface area (Å²) in [5, 5.41) is 2.79. The highest BCUT2D eigenvalue weighted by Crippen LogP contribution is 2.41. The van der Waals surface area contributed by atoms with Crippen molar-refractivity contribution in [2.75, 3.05) is 32.7 Å². The van der Waals surface area contributed by atoms with E-state index in [2.05, 4.69) is 5.32 Å². The first-order chi connectivity index (χ1) is 43.0. The van der Waals surface area contributed by atoms with Crippen LogP contribution in [0.1, 0.15) is 134 Å². The molecule has 90 heavy (non-hydrogen) atoms. The highest BCUT2D eigenvalue weighted by atomic mass is 19.2. The second-order valence-electron chi connectivity index (χ2n) is 24.4. The molecule has 22 heteroatoms. The molecule has 5 aromatic carbocycles. The summed E-state index contributed by atoms with van der Waals surface area (Å²) in [6, 6.07) is 20.8. The lowest BCUT2D eigenvalue weighted by Crippen LogP contribution is -2.50. The number of carbonyl (C=O) groups is 6. The summed E-state index contributed by atoms with van der Waals surface area (Å²) in [4.78, 5) is 79.0. The third kappa shape index (κ3) is 18.8. The predicted molar refractivity (Wildman–Crippen MR) is 319 cm³/mol. The van der Waals surface area contributed by atoms with E-state index in [-0.39, 0.29) is 139 Å². The molecule has 4 heterocycles. The van der Waals surface area contributed by atoms with Gasteiger partial charge >= 0.3 is 0 Å². The van der Waals surface area contributed by atoms with E-state index in [9.17, 15) is 68.3 Å². The summed E-state index contributed by atoms with van der Waals surface area (Å²) in [6.07, 6.45) is 9.18. The number of nitrogens with one attached hydrogen (secondary N) is 1. The minimum absolute atomic E-state index is 0.00883. The lowest BCUT2D eigenvalue weighted by atomic mass is 9.82. The van der Waals surface area contributed by atoms with E-state index >= 15 is 0 Å². The summed E-state index contributed by atoms with van der Waals surface area (Å²) >= 11 is 0. The summed E-state index contributed by atoms with van der Waals surface area (Å²) in [5.41, 5.74) is 20.0. The number of halogens is 9. The molecule has 0 radical (unpaired) electrons. The number of ketones is 2. The topological polar surface area (TPSA) is 202 Å². The summed E-state index contributed by atoms with van der Waals surface area (Å²) < 4.78 is 121. The molecule has 4 saturated heterocycles. The van der Waals surface area contributed by atoms with Crippen molar-refractivity contribution in [2.24, 2.45) is 40.9 Å². The molecule has 5 aliphatic rings. The van der Waals surface area contributed by atoms with Crippen molar-refractivity contribution in [3.8, 4) is 0 Å². The van der Waals surface area contributed by atoms with Gasteiger partial charge in [-0.25, -0.2) is 39.5 Å². The average Bonchev–Trinajstić information content (AvgIpc) is 1.75. The molecule has 10 rings (SSSR count). The number of piperidine rings is 3. The second kappa shape index (κ2) is 32.0. The molecule has 13 nitrogen and oxygen atoms in total. The van der Waals surface area contributed by atoms with Gasteiger partial charge < -0.3 is 37.2 Å². The van der Waals surface area contributed by atoms with Crippen molar-refractivity contribution in [1.29, 1.82) is 0 Å². The maximum atomic E-state index is 14.0. The Morgan fingerprint density at radius 2 is 0.800 bits per heavy atom. The van der Waals surface area contributed by atoms with Crippen LogP contribution in [0.3, 0.4) is 0 Å². The van der Waals surface area contributed by atoms with Gasteiger partial charge in [0, 0.05) is 130 Å². The fraction of sp³-hybridized carbons (Fsp3) is 0.471. The minimum Gasteiger partial charge on any atom is -0.352 e. The number of Topliss-reactive ketones (excluding diaryl/α,β-unsaturated/α-hetero) is 2. The van der Waals surface area contributed by atoms with E-state index in [1.807, 2.05) is 17.0 Å². The molecule has 484 valence electrons. The van der Waals surface area contributed by atoms with Gasteiger partial charge in [-0.3, -0.25) is 28.8 Å². The van der Waals surface area contributed by atoms with Gasteiger partial charge in [-0.1, -0.05) is 48.5 Å². The largest absolute Gasteiger partial charge is 0.352 e. The van der Waals surface area contributed by atoms with Crippen LogP contribution in [0.15, 0.2) is 97.1 Å². The second-order valence-corrected chi connectivity index (χ2v) is 24.4. The fourth-order valence-corrected chi connectivity index (χ4v) is 12.8. The number of rotatable bonds is 21. The predicted octanol–water partition coefficient (Wildman–Crippen LogP) is 10.4. The Morgan fingerprint density at radius 3 is 1.21 bits per heavy atom. The molecule has 0 spiro atoms. The number of hydrogen-bond donors (Lipinski definition) is 4. The third-order valence-electron chi connectivity index (χ3n) is 18.2. The van der Waals surface area contributed by atoms with Crippen LogP contribution < -0.4 is 22.5 Å². The molecule has 5 fully saturated rings. The molecule has 6 atom stereocenters. The van der Waals surface area contributed by atoms with Gasteiger partial charge in [0.25, 0.3) is 5.91 Å². The van der Waals surface area contributed by atoms with Crippen molar-refractivity contribution < 1.29 is 68.3 Å². The van der Waals surface area contributed by atoms with Crippen LogP contribution in [0, 0.1) is 76.0 Å². The quantitative estimate of drug-likeness (QED) is 0.0313. The number of nitrogens with zero attached hydrogens (tertiary/aromatic N) is 3. The first-order valence-corrected chi connectivity index (χ1v) is 31.0. The Morgan fingerprint density at radius 1 is 0.422 bits per heavy atom. The summed E-state index contributed by atoms with van der Waals surface area (Å²) in [6.45, 7) is 2.39. The molecule has 1 aliphatic carbocycles. The Bertz CT molecular complexity index is 3300. The lowest BCUT2D eigenvalue weighted by Gasteiger charge is -2.41. The number of hydrogen-bond acceptors (Lipinski definition) is 9. The fourth-order valence-electron chi connectivity index (χ4n) is 12.8. The molecule has 1 unspecified atom stereocenters. The van der Waals surface area contributed by atoms with Gasteiger partial charge in [0.05, 0.1) is 0 Å². The zero-order valence-corrected chi connectivity index (χ0v) is 50.1. The molecule has 1 saturated carbocycles. The standard InChI is InChI=1S/C25H28F3N3O2.C23H25F3N2O2.C20H25F3N2O2/c26-20-14-22(28)21(27)12-16(20)13-23(29)17-10-18-6-7-19(11-17)31(18)24(32)8-9-30-25(33)15-4-2-1-3-5-15;24-18-14-20(26)19(25)12-17(18)13-21(27)15-8-10-28(11-9-15)23(30)7-6-22(29)16-4-2-1-3-5-16;21-15-11-17(23)16(22)9-14(15)10-18(24)12-5-7-25(8-6-12)20(27)4-3-19(26)13-1-2-13/h1-5,12,14,17-19,23H,6-11,13,29H2,(H,30,33);1-5,12,14-15,21H,6-11,13,27H2;9,11-13,18H,1-8,10,24H2/t17?,18-,19+,23-;21-;18-/m111/s1. The smallest absolute Gasteiger partial charge is 0.251 e. The van der Waals surface area contributed by atoms with Crippen molar-refractivity contribution in [1.82, 2.24) is 20.0 Å². The van der Waals surface area contributed by atoms with E-state index in [1.54, 1.807) is 58.3 Å². The van der Waals surface area contributed by atoms with Crippen LogP contribution in [-0.4, -0.2) is 113 Å². The van der Waals surface area contributed by atoms with Gasteiger partial charge in [-0.2, -0.15) is 0 Å². The van der Waals surface area contributed by atoms with Crippen molar-refractivity contribution in [3.05, 3.63) is 177 Å². The van der Waals surface area contributed by atoms with Crippen LogP contribution in [0.4, 0.5) is 39.5 Å². The van der Waals surface area contributed by atoms with Gasteiger partial charge in [0.2, 0.25) is 17.7 Å². The van der Waals surface area contributed by atoms with E-state index < -0.39 is 70.5 Å². The molecule has 2 bridgehead atoms. The Balaban J connectivity index is 0.000000175. The number of nitrogens with two attached hydrogens (primary N) is 3. The zero-order valence-electron chi connectivity index (χ0n) is 50.1. The number of fused-ring (bicyclic) bond motifs is 2. The average molecular weight is 1260 g/mol. The molecule has 0 aromatic heterocycles. The highest BCUT2D eigenvalue weighted by Gasteiger charge is 2.44. The molecule has 4 aliphatic heterocycles. The van der Waals surface area contributed by atoms with Crippen LogP contribution in [0.5, 0.6) is 0 Å². The van der Waals surface area contributed by atoms with Crippen molar-refractivity contribution >= 4 is 35.2 Å². The Labute approximate surface area is 518 Å². The first-order valence-electron chi connectivity index (χ1n) is 31.0. The van der Waals surface area contributed by atoms with Crippen LogP contribution in [0.25, 0.3) is 0 Å². The lowest BCUT2D eigenvalue weighted by molar-refractivity contribution is -0.136. The zero-order chi connectivity index (χ0) is 64.8. The normalized spacial score (nSPS) is 19.4. The Hall–Kier alpha value is -7.43. The maximum Gasteiger partial charge on any atom is 0.251 e. The maximum absolute atomic E-state index is 14.0. The van der Waals surface area contributed by atoms with Crippen molar-refractivity contribution in [2.45, 2.75) is 146 Å². The molecule has 7 N–H and O–H groups in total. The van der Waals surface area contributed by atoms with E-state index in [0.29, 0.717) is 100 Å². The number of carbonyl (C=O) groups excluding carboxylic acids is 6. The highest BCUT2D eigenvalue weighted by molar-refractivity contribution is 5.98. The van der Waals surface area contributed by atoms with Crippen LogP contribution in [-0.2, 0) is 38.4 Å². The summed E-state index contributed by atoms with van der Waals surface area (Å²) in [5.74, 6) is -9.08. The Kier molecular flexibility index (Phi) is 24.4. The first kappa shape index (κ1) is 68.5. The van der Waals surface area contributed by atoms with Gasteiger partial charge in [0.15, 0.2) is 40.7 Å². The van der Waals surface area contributed by atoms with E-state index in [0.717, 1.165) is 43.9 Å². The third-order valence-corrected chi connectivity index (χ3v) is 18.2. The van der Waals surface area contributed by atoms with Crippen molar-refractivity contribution in [3.63, 3.8) is 0 Å². The van der Waals surface area contributed by atoms with Gasteiger partial charge in [-0.05, 0) is 148 Å². The number of amides is 4. The number of benzene rings is 5. The SMILES string of the molecule is N[C@H](Cc1cc(F)c(F)cc1F)C1CCN(C(=O)CCC(=O)C2CC2)CC1.N[C@H](Cc1cc(F)c(F)cc1F)C1CCN(C(=O)CCC(=O)c2ccccc2)CC1.N[C@H](Cc1cc(F)c(F)cc1F)C1C[C@H]2CC[C@@H](C1)N2C(=O)CCNC(=O)c1ccccc1. The molecular weight excluding hydrogens is 1180 g/mol. The van der Waals surface area contributed by atoms with Gasteiger partial charge in [-0.15, -0.1) is 0 Å². The van der Waals surface area contributed by atoms with E-state index in [4.69, 9.17) is 17.2 Å².